The SMILES string of the molecule is Nc1n[nH]c2c(Br)cc(Cl)nc12. The molecule has 0 fully saturated rings. The van der Waals surface area contributed by atoms with Gasteiger partial charge in [0.05, 0.1) is 0 Å². The molecule has 2 rings (SSSR count). The first-order chi connectivity index (χ1) is 5.68. The van der Waals surface area contributed by atoms with Crippen LogP contribution in [0, 0.1) is 0 Å². The maximum Gasteiger partial charge on any atom is 0.171 e. The number of hydrogen-bond donors (Lipinski definition) is 2. The molecule has 62 valence electrons. The molecule has 0 saturated heterocycles. The van der Waals surface area contributed by atoms with Crippen molar-refractivity contribution in [3.05, 3.63) is 15.7 Å². The van der Waals surface area contributed by atoms with Gasteiger partial charge in [0, 0.05) is 4.47 Å². The lowest BCUT2D eigenvalue weighted by Crippen LogP contribution is -1.86. The molecule has 0 aromatic carbocycles. The van der Waals surface area contributed by atoms with Crippen LogP contribution in [0.1, 0.15) is 0 Å². The van der Waals surface area contributed by atoms with Gasteiger partial charge >= 0.3 is 0 Å². The van der Waals surface area contributed by atoms with E-state index in [2.05, 4.69) is 31.1 Å². The normalized spacial score (nSPS) is 10.8. The van der Waals surface area contributed by atoms with Crippen LogP contribution in [-0.4, -0.2) is 15.2 Å². The number of fused-ring (bicyclic) bond motifs is 1. The van der Waals surface area contributed by atoms with Crippen LogP contribution in [-0.2, 0) is 0 Å². The van der Waals surface area contributed by atoms with Gasteiger partial charge in [-0.1, -0.05) is 11.6 Å². The van der Waals surface area contributed by atoms with Crippen LogP contribution in [0.4, 0.5) is 5.82 Å². The van der Waals surface area contributed by atoms with Gasteiger partial charge < -0.3 is 5.73 Å². The summed E-state index contributed by atoms with van der Waals surface area (Å²) < 4.78 is 0.807. The molecule has 0 bridgehead atoms. The number of nitrogens with one attached hydrogen (secondary N) is 1. The topological polar surface area (TPSA) is 67.6 Å². The molecule has 3 N–H and O–H groups in total. The molecule has 2 heterocycles. The number of H-pyrrole nitrogens is 1. The lowest BCUT2D eigenvalue weighted by atomic mass is 10.4. The zero-order valence-corrected chi connectivity index (χ0v) is 8.15. The quantitative estimate of drug-likeness (QED) is 0.699. The Bertz CT molecular complexity index is 438. The monoisotopic (exact) mass is 246 g/mol. The van der Waals surface area contributed by atoms with Gasteiger partial charge in [-0.05, 0) is 22.0 Å². The summed E-state index contributed by atoms with van der Waals surface area (Å²) in [6, 6.07) is 1.68. The highest BCUT2D eigenvalue weighted by atomic mass is 79.9. The third-order valence-corrected chi connectivity index (χ3v) is 2.29. The zero-order valence-electron chi connectivity index (χ0n) is 5.81. The summed E-state index contributed by atoms with van der Waals surface area (Å²) in [5.41, 5.74) is 6.88. The minimum Gasteiger partial charge on any atom is -0.380 e. The third kappa shape index (κ3) is 1.05. The second kappa shape index (κ2) is 2.60. The highest BCUT2D eigenvalue weighted by molar-refractivity contribution is 9.10. The largest absolute Gasteiger partial charge is 0.380 e. The van der Waals surface area contributed by atoms with Gasteiger partial charge in [0.15, 0.2) is 5.82 Å². The van der Waals surface area contributed by atoms with Crippen molar-refractivity contribution in [2.24, 2.45) is 0 Å². The van der Waals surface area contributed by atoms with E-state index in [4.69, 9.17) is 17.3 Å². The summed E-state index contributed by atoms with van der Waals surface area (Å²) in [5.74, 6) is 0.355. The van der Waals surface area contributed by atoms with Gasteiger partial charge in [-0.25, -0.2) is 4.98 Å². The summed E-state index contributed by atoms with van der Waals surface area (Å²) in [5, 5.41) is 6.93. The van der Waals surface area contributed by atoms with Gasteiger partial charge in [-0.15, -0.1) is 0 Å². The Hall–Kier alpha value is -0.810. The molecular formula is C6H4BrClN4. The summed E-state index contributed by atoms with van der Waals surface area (Å²) >= 11 is 9.02. The van der Waals surface area contributed by atoms with E-state index in [9.17, 15) is 0 Å². The van der Waals surface area contributed by atoms with Crippen LogP contribution in [0.3, 0.4) is 0 Å². The van der Waals surface area contributed by atoms with E-state index in [1.807, 2.05) is 0 Å². The van der Waals surface area contributed by atoms with Crippen molar-refractivity contribution < 1.29 is 0 Å². The van der Waals surface area contributed by atoms with Gasteiger partial charge in [0.2, 0.25) is 0 Å². The number of nitrogens with zero attached hydrogens (tertiary/aromatic N) is 2. The molecule has 0 aliphatic carbocycles. The molecule has 0 aliphatic heterocycles. The molecule has 0 radical (unpaired) electrons. The van der Waals surface area contributed by atoms with Crippen molar-refractivity contribution in [3.63, 3.8) is 0 Å². The van der Waals surface area contributed by atoms with Crippen LogP contribution in [0.25, 0.3) is 11.0 Å². The fourth-order valence-electron chi connectivity index (χ4n) is 0.946. The average molecular weight is 247 g/mol. The van der Waals surface area contributed by atoms with Crippen LogP contribution >= 0.6 is 27.5 Å². The summed E-state index contributed by atoms with van der Waals surface area (Å²) in [6.45, 7) is 0. The predicted molar refractivity (Wildman–Crippen MR) is 51.0 cm³/mol. The van der Waals surface area contributed by atoms with Crippen LogP contribution in [0.15, 0.2) is 10.5 Å². The molecule has 0 spiro atoms. The van der Waals surface area contributed by atoms with E-state index in [1.54, 1.807) is 6.07 Å². The molecule has 12 heavy (non-hydrogen) atoms. The Kier molecular flexibility index (Phi) is 1.69. The van der Waals surface area contributed by atoms with Crippen molar-refractivity contribution in [2.75, 3.05) is 5.73 Å². The Morgan fingerprint density at radius 3 is 3.08 bits per heavy atom. The van der Waals surface area contributed by atoms with Gasteiger partial charge in [0.25, 0.3) is 0 Å². The number of pyridine rings is 1. The molecule has 2 aromatic heterocycles. The van der Waals surface area contributed by atoms with Gasteiger partial charge in [-0.2, -0.15) is 5.10 Å². The zero-order chi connectivity index (χ0) is 8.72. The lowest BCUT2D eigenvalue weighted by molar-refractivity contribution is 1.12. The number of aromatic amines is 1. The second-order valence-electron chi connectivity index (χ2n) is 2.26. The number of nitrogens with two attached hydrogens (primary N) is 1. The van der Waals surface area contributed by atoms with Gasteiger partial charge in [0.1, 0.15) is 16.2 Å². The highest BCUT2D eigenvalue weighted by Crippen LogP contribution is 2.26. The fraction of sp³-hybridized carbons (Fsp3) is 0. The first kappa shape index (κ1) is 7.82. The number of anilines is 1. The Labute approximate surface area is 81.2 Å². The summed E-state index contributed by atoms with van der Waals surface area (Å²) in [4.78, 5) is 4.01. The van der Waals surface area contributed by atoms with E-state index in [-0.39, 0.29) is 0 Å². The molecule has 2 aromatic rings. The van der Waals surface area contributed by atoms with Crippen LogP contribution in [0.5, 0.6) is 0 Å². The number of halogens is 2. The number of hydrogen-bond acceptors (Lipinski definition) is 3. The highest BCUT2D eigenvalue weighted by Gasteiger charge is 2.07. The van der Waals surface area contributed by atoms with E-state index >= 15 is 0 Å². The molecular weight excluding hydrogens is 243 g/mol. The maximum absolute atomic E-state index is 5.71. The van der Waals surface area contributed by atoms with Crippen molar-refractivity contribution in [2.45, 2.75) is 0 Å². The first-order valence-corrected chi connectivity index (χ1v) is 4.31. The second-order valence-corrected chi connectivity index (χ2v) is 3.50. The van der Waals surface area contributed by atoms with Crippen molar-refractivity contribution in [1.82, 2.24) is 15.2 Å². The van der Waals surface area contributed by atoms with Crippen LogP contribution < -0.4 is 5.73 Å². The van der Waals surface area contributed by atoms with E-state index < -0.39 is 0 Å². The molecule has 6 heteroatoms. The summed E-state index contributed by atoms with van der Waals surface area (Å²) in [7, 11) is 0. The molecule has 0 unspecified atom stereocenters. The first-order valence-electron chi connectivity index (χ1n) is 3.14. The Balaban J connectivity index is 2.92. The predicted octanol–water partition coefficient (Wildman–Crippen LogP) is 1.96. The molecule has 4 nitrogen and oxygen atoms in total. The van der Waals surface area contributed by atoms with Crippen LogP contribution in [0.2, 0.25) is 5.15 Å². The molecule has 0 amide bonds. The minimum atomic E-state index is 0.355. The summed E-state index contributed by atoms with van der Waals surface area (Å²) in [6.07, 6.45) is 0. The van der Waals surface area contributed by atoms with E-state index in [0.29, 0.717) is 16.5 Å². The molecule has 0 aliphatic rings. The van der Waals surface area contributed by atoms with Crippen molar-refractivity contribution in [1.29, 1.82) is 0 Å². The maximum atomic E-state index is 5.71. The standard InChI is InChI=1S/C6H4BrClN4/c7-2-1-3(8)10-5-4(2)11-12-6(5)9/h1H,(H3,9,11,12). The van der Waals surface area contributed by atoms with E-state index in [1.165, 1.54) is 0 Å². The minimum absolute atomic E-state index is 0.355. The third-order valence-electron chi connectivity index (χ3n) is 1.47. The lowest BCUT2D eigenvalue weighted by Gasteiger charge is -1.93. The Morgan fingerprint density at radius 2 is 2.33 bits per heavy atom. The number of aromatic nitrogens is 3. The Morgan fingerprint density at radius 1 is 1.58 bits per heavy atom. The smallest absolute Gasteiger partial charge is 0.171 e. The number of nitrogen functional groups attached to an aromatic ring is 1. The molecule has 0 saturated carbocycles. The average Bonchev–Trinajstić information content (AvgIpc) is 2.33. The van der Waals surface area contributed by atoms with Crippen molar-refractivity contribution in [3.8, 4) is 0 Å². The molecule has 0 atom stereocenters. The number of rotatable bonds is 0. The van der Waals surface area contributed by atoms with Gasteiger partial charge in [-0.3, -0.25) is 5.10 Å². The van der Waals surface area contributed by atoms with Crippen molar-refractivity contribution >= 4 is 44.4 Å². The van der Waals surface area contributed by atoms with E-state index in [0.717, 1.165) is 9.99 Å². The fourth-order valence-corrected chi connectivity index (χ4v) is 1.76.